The first-order chi connectivity index (χ1) is 15.0. The van der Waals surface area contributed by atoms with Crippen LogP contribution < -0.4 is 10.2 Å². The second kappa shape index (κ2) is 7.68. The molecule has 0 saturated carbocycles. The van der Waals surface area contributed by atoms with Crippen LogP contribution in [0.1, 0.15) is 36.4 Å². The highest BCUT2D eigenvalue weighted by Gasteiger charge is 2.35. The van der Waals surface area contributed by atoms with Crippen LogP contribution in [0.25, 0.3) is 0 Å². The topological polar surface area (TPSA) is 90.8 Å². The van der Waals surface area contributed by atoms with E-state index in [0.29, 0.717) is 56.1 Å². The van der Waals surface area contributed by atoms with Gasteiger partial charge < -0.3 is 10.2 Å². The number of hydrogen-bond acceptors (Lipinski definition) is 6. The van der Waals surface area contributed by atoms with Crippen LogP contribution in [0.4, 0.5) is 20.5 Å². The Hall–Kier alpha value is -3.43. The van der Waals surface area contributed by atoms with Crippen molar-refractivity contribution in [1.29, 1.82) is 0 Å². The van der Waals surface area contributed by atoms with Crippen molar-refractivity contribution in [2.45, 2.75) is 31.7 Å². The molecule has 0 unspecified atom stereocenters. The first kappa shape index (κ1) is 19.5. The Morgan fingerprint density at radius 3 is 2.61 bits per heavy atom. The molecule has 2 amide bonds. The van der Waals surface area contributed by atoms with Crippen LogP contribution in [0.15, 0.2) is 29.5 Å². The van der Waals surface area contributed by atoms with Crippen LogP contribution in [-0.4, -0.2) is 46.1 Å². The molecule has 0 aliphatic carbocycles. The molecule has 0 radical (unpaired) electrons. The number of halogens is 2. The lowest BCUT2D eigenvalue weighted by Gasteiger charge is -2.33. The summed E-state index contributed by atoms with van der Waals surface area (Å²) in [4.78, 5) is 35.4. The molecule has 0 bridgehead atoms. The summed E-state index contributed by atoms with van der Waals surface area (Å²) in [5.41, 5.74) is 1.18. The monoisotopic (exact) mass is 426 g/mol. The number of nitrogens with one attached hydrogen (secondary N) is 1. The standard InChI is InChI=1S/C21H20F2N6O2/c22-15-7-13(8-16(23)10-15)17-1-4-25-29(17)20(31)12-2-5-28(6-3-12)21-24-11-14-9-18(30)26-19(14)27-21/h4,7-8,10-12,17H,1-3,5-6,9H2,(H,24,26,27,30)/t17-/m0/s1. The Morgan fingerprint density at radius 2 is 1.87 bits per heavy atom. The van der Waals surface area contributed by atoms with Crippen LogP contribution in [0.5, 0.6) is 0 Å². The van der Waals surface area contributed by atoms with E-state index in [4.69, 9.17) is 0 Å². The highest BCUT2D eigenvalue weighted by molar-refractivity contribution is 5.97. The zero-order valence-electron chi connectivity index (χ0n) is 16.6. The highest BCUT2D eigenvalue weighted by Crippen LogP contribution is 2.33. The summed E-state index contributed by atoms with van der Waals surface area (Å²) in [5, 5.41) is 8.27. The van der Waals surface area contributed by atoms with Gasteiger partial charge in [0.25, 0.3) is 0 Å². The fourth-order valence-electron chi connectivity index (χ4n) is 4.32. The number of fused-ring (bicyclic) bond motifs is 1. The molecule has 1 fully saturated rings. The molecule has 10 heteroatoms. The third kappa shape index (κ3) is 3.73. The molecule has 5 rings (SSSR count). The van der Waals surface area contributed by atoms with Gasteiger partial charge in [-0.15, -0.1) is 0 Å². The van der Waals surface area contributed by atoms with E-state index in [1.807, 2.05) is 4.90 Å². The minimum Gasteiger partial charge on any atom is -0.341 e. The lowest BCUT2D eigenvalue weighted by atomic mass is 9.94. The van der Waals surface area contributed by atoms with Gasteiger partial charge in [-0.25, -0.2) is 18.8 Å². The van der Waals surface area contributed by atoms with E-state index >= 15 is 0 Å². The Morgan fingerprint density at radius 1 is 1.13 bits per heavy atom. The number of amides is 2. The Balaban J connectivity index is 1.25. The second-order valence-corrected chi connectivity index (χ2v) is 7.97. The molecule has 4 heterocycles. The highest BCUT2D eigenvalue weighted by atomic mass is 19.1. The van der Waals surface area contributed by atoms with Crippen LogP contribution >= 0.6 is 0 Å². The average molecular weight is 426 g/mol. The van der Waals surface area contributed by atoms with Gasteiger partial charge in [-0.1, -0.05) is 0 Å². The number of nitrogens with zero attached hydrogens (tertiary/aromatic N) is 5. The lowest BCUT2D eigenvalue weighted by molar-refractivity contribution is -0.138. The third-order valence-electron chi connectivity index (χ3n) is 5.91. The number of hydrazone groups is 1. The summed E-state index contributed by atoms with van der Waals surface area (Å²) in [5.74, 6) is -0.762. The number of anilines is 2. The summed E-state index contributed by atoms with van der Waals surface area (Å²) < 4.78 is 27.3. The van der Waals surface area contributed by atoms with Gasteiger partial charge in [0.15, 0.2) is 0 Å². The van der Waals surface area contributed by atoms with Crippen molar-refractivity contribution in [2.24, 2.45) is 11.0 Å². The largest absolute Gasteiger partial charge is 0.341 e. The van der Waals surface area contributed by atoms with E-state index in [1.54, 1.807) is 12.4 Å². The number of rotatable bonds is 3. The van der Waals surface area contributed by atoms with Crippen molar-refractivity contribution in [2.75, 3.05) is 23.3 Å². The van der Waals surface area contributed by atoms with Gasteiger partial charge in [0.2, 0.25) is 17.8 Å². The van der Waals surface area contributed by atoms with Crippen molar-refractivity contribution >= 4 is 29.8 Å². The van der Waals surface area contributed by atoms with Crippen LogP contribution in [-0.2, 0) is 16.0 Å². The molecule has 1 saturated heterocycles. The van der Waals surface area contributed by atoms with E-state index < -0.39 is 17.7 Å². The van der Waals surface area contributed by atoms with Crippen LogP contribution in [0.2, 0.25) is 0 Å². The van der Waals surface area contributed by atoms with Crippen molar-refractivity contribution in [3.63, 3.8) is 0 Å². The first-order valence-electron chi connectivity index (χ1n) is 10.2. The van der Waals surface area contributed by atoms with Crippen molar-refractivity contribution in [1.82, 2.24) is 15.0 Å². The van der Waals surface area contributed by atoms with Gasteiger partial charge in [0.05, 0.1) is 12.5 Å². The summed E-state index contributed by atoms with van der Waals surface area (Å²) in [6.45, 7) is 1.17. The Kier molecular flexibility index (Phi) is 4.84. The minimum absolute atomic E-state index is 0.0929. The fourth-order valence-corrected chi connectivity index (χ4v) is 4.32. The molecular weight excluding hydrogens is 406 g/mol. The maximum Gasteiger partial charge on any atom is 0.246 e. The van der Waals surface area contributed by atoms with E-state index in [-0.39, 0.29) is 17.7 Å². The van der Waals surface area contributed by atoms with Crippen molar-refractivity contribution < 1.29 is 18.4 Å². The number of carbonyl (C=O) groups is 2. The number of carbonyl (C=O) groups excluding carboxylic acids is 2. The number of piperidine rings is 1. The predicted octanol–water partition coefficient (Wildman–Crippen LogP) is 2.43. The number of aromatic nitrogens is 2. The SMILES string of the molecule is O=C1Cc2cnc(N3CCC(C(=O)N4N=CC[C@H]4c4cc(F)cc(F)c4)CC3)nc2N1. The van der Waals surface area contributed by atoms with E-state index in [9.17, 15) is 18.4 Å². The molecule has 3 aliphatic heterocycles. The summed E-state index contributed by atoms with van der Waals surface area (Å²) in [6, 6.07) is 2.80. The van der Waals surface area contributed by atoms with E-state index in [1.165, 1.54) is 17.1 Å². The van der Waals surface area contributed by atoms with Gasteiger partial charge in [0.1, 0.15) is 17.5 Å². The van der Waals surface area contributed by atoms with Crippen molar-refractivity contribution in [3.8, 4) is 0 Å². The average Bonchev–Trinajstić information content (AvgIpc) is 3.38. The van der Waals surface area contributed by atoms with Gasteiger partial charge in [0, 0.05) is 49.5 Å². The lowest BCUT2D eigenvalue weighted by Crippen LogP contribution is -2.41. The van der Waals surface area contributed by atoms with E-state index in [2.05, 4.69) is 20.4 Å². The normalized spacial score (nSPS) is 20.8. The zero-order chi connectivity index (χ0) is 21.5. The maximum atomic E-state index is 13.6. The van der Waals surface area contributed by atoms with E-state index in [0.717, 1.165) is 11.6 Å². The Bertz CT molecular complexity index is 1060. The first-order valence-corrected chi connectivity index (χ1v) is 10.2. The Labute approximate surface area is 177 Å². The molecule has 1 N–H and O–H groups in total. The fraction of sp³-hybridized carbons (Fsp3) is 0.381. The molecule has 2 aromatic rings. The smallest absolute Gasteiger partial charge is 0.246 e. The minimum atomic E-state index is -0.673. The molecular formula is C21H20F2N6O2. The maximum absolute atomic E-state index is 13.6. The third-order valence-corrected chi connectivity index (χ3v) is 5.91. The van der Waals surface area contributed by atoms with Gasteiger partial charge in [-0.3, -0.25) is 9.59 Å². The summed E-state index contributed by atoms with van der Waals surface area (Å²) >= 11 is 0. The number of hydrogen-bond donors (Lipinski definition) is 1. The molecule has 160 valence electrons. The quantitative estimate of drug-likeness (QED) is 0.814. The second-order valence-electron chi connectivity index (χ2n) is 7.97. The predicted molar refractivity (Wildman–Crippen MR) is 108 cm³/mol. The van der Waals surface area contributed by atoms with Crippen LogP contribution in [0, 0.1) is 17.6 Å². The molecule has 0 spiro atoms. The van der Waals surface area contributed by atoms with Crippen LogP contribution in [0.3, 0.4) is 0 Å². The van der Waals surface area contributed by atoms with Crippen molar-refractivity contribution in [3.05, 3.63) is 47.2 Å². The summed E-state index contributed by atoms with van der Waals surface area (Å²) in [6.07, 6.45) is 5.15. The van der Waals surface area contributed by atoms with Gasteiger partial charge in [-0.2, -0.15) is 10.1 Å². The molecule has 1 atom stereocenters. The molecule has 1 aromatic heterocycles. The zero-order valence-corrected chi connectivity index (χ0v) is 16.6. The molecule has 8 nitrogen and oxygen atoms in total. The molecule has 3 aliphatic rings. The molecule has 1 aromatic carbocycles. The van der Waals surface area contributed by atoms with Gasteiger partial charge in [-0.05, 0) is 30.5 Å². The summed E-state index contributed by atoms with van der Waals surface area (Å²) in [7, 11) is 0. The van der Waals surface area contributed by atoms with Gasteiger partial charge >= 0.3 is 0 Å². The number of benzene rings is 1. The molecule has 31 heavy (non-hydrogen) atoms.